The standard InChI is InChI=1S/C15H22N2O3S/c1-20-15-7-6-12(10-13(15)16)21(18,19)17-9-8-11-4-2-3-5-14(11)17/h6-7,10-11,14H,2-5,8-9,16H2,1H3. The molecule has 0 spiro atoms. The second-order valence-electron chi connectivity index (χ2n) is 5.92. The molecule has 1 aliphatic carbocycles. The Kier molecular flexibility index (Phi) is 3.84. The quantitative estimate of drug-likeness (QED) is 0.869. The lowest BCUT2D eigenvalue weighted by molar-refractivity contribution is 0.260. The third-order valence-electron chi connectivity index (χ3n) is 4.77. The van der Waals surface area contributed by atoms with Crippen LogP contribution >= 0.6 is 0 Å². The molecule has 2 aliphatic rings. The fourth-order valence-corrected chi connectivity index (χ4v) is 5.44. The number of nitrogens with zero attached hydrogens (tertiary/aromatic N) is 1. The van der Waals surface area contributed by atoms with Gasteiger partial charge in [0, 0.05) is 12.6 Å². The van der Waals surface area contributed by atoms with Gasteiger partial charge in [-0.2, -0.15) is 4.31 Å². The molecular weight excluding hydrogens is 288 g/mol. The number of hydrogen-bond acceptors (Lipinski definition) is 4. The zero-order chi connectivity index (χ0) is 15.0. The maximum Gasteiger partial charge on any atom is 0.243 e. The van der Waals surface area contributed by atoms with Crippen molar-refractivity contribution in [3.8, 4) is 5.75 Å². The molecular formula is C15H22N2O3S. The molecule has 2 atom stereocenters. The Bertz CT molecular complexity index is 630. The predicted molar refractivity (Wildman–Crippen MR) is 81.7 cm³/mol. The van der Waals surface area contributed by atoms with E-state index in [0.29, 0.717) is 23.9 Å². The van der Waals surface area contributed by atoms with Gasteiger partial charge in [-0.1, -0.05) is 12.8 Å². The van der Waals surface area contributed by atoms with Gasteiger partial charge in [0.05, 0.1) is 17.7 Å². The van der Waals surface area contributed by atoms with E-state index in [1.54, 1.807) is 16.4 Å². The van der Waals surface area contributed by atoms with E-state index in [0.717, 1.165) is 25.7 Å². The summed E-state index contributed by atoms with van der Waals surface area (Å²) in [6.07, 6.45) is 5.47. The summed E-state index contributed by atoms with van der Waals surface area (Å²) in [4.78, 5) is 0.270. The molecule has 116 valence electrons. The summed E-state index contributed by atoms with van der Waals surface area (Å²) < 4.78 is 32.5. The summed E-state index contributed by atoms with van der Waals surface area (Å²) in [5.41, 5.74) is 6.21. The number of nitrogens with two attached hydrogens (primary N) is 1. The smallest absolute Gasteiger partial charge is 0.243 e. The van der Waals surface area contributed by atoms with Crippen molar-refractivity contribution in [2.75, 3.05) is 19.4 Å². The van der Waals surface area contributed by atoms with Gasteiger partial charge in [-0.05, 0) is 43.4 Å². The van der Waals surface area contributed by atoms with Crippen LogP contribution in [-0.2, 0) is 10.0 Å². The Hall–Kier alpha value is -1.27. The lowest BCUT2D eigenvalue weighted by atomic mass is 9.86. The van der Waals surface area contributed by atoms with Gasteiger partial charge < -0.3 is 10.5 Å². The van der Waals surface area contributed by atoms with Crippen molar-refractivity contribution < 1.29 is 13.2 Å². The van der Waals surface area contributed by atoms with Gasteiger partial charge in [0.2, 0.25) is 10.0 Å². The number of benzene rings is 1. The van der Waals surface area contributed by atoms with E-state index < -0.39 is 10.0 Å². The Morgan fingerprint density at radius 1 is 1.24 bits per heavy atom. The molecule has 2 fully saturated rings. The number of rotatable bonds is 3. The Morgan fingerprint density at radius 2 is 2.00 bits per heavy atom. The summed E-state index contributed by atoms with van der Waals surface area (Å²) >= 11 is 0. The zero-order valence-electron chi connectivity index (χ0n) is 12.3. The van der Waals surface area contributed by atoms with Crippen LogP contribution in [0.25, 0.3) is 0 Å². The minimum Gasteiger partial charge on any atom is -0.495 e. The van der Waals surface area contributed by atoms with Gasteiger partial charge in [-0.15, -0.1) is 0 Å². The SMILES string of the molecule is COc1ccc(S(=O)(=O)N2CCC3CCCCC32)cc1N. The summed E-state index contributed by atoms with van der Waals surface area (Å²) in [5, 5.41) is 0. The normalized spacial score (nSPS) is 26.5. The van der Waals surface area contributed by atoms with Crippen LogP contribution in [0, 0.1) is 5.92 Å². The highest BCUT2D eigenvalue weighted by Gasteiger charge is 2.42. The fourth-order valence-electron chi connectivity index (χ4n) is 3.67. The number of anilines is 1. The molecule has 1 aromatic rings. The van der Waals surface area contributed by atoms with Gasteiger partial charge in [0.25, 0.3) is 0 Å². The van der Waals surface area contributed by atoms with Crippen LogP contribution in [0.5, 0.6) is 5.75 Å². The maximum absolute atomic E-state index is 12.9. The molecule has 3 rings (SSSR count). The molecule has 0 bridgehead atoms. The summed E-state index contributed by atoms with van der Waals surface area (Å²) in [6.45, 7) is 0.629. The molecule has 1 aliphatic heterocycles. The molecule has 2 unspecified atom stereocenters. The third-order valence-corrected chi connectivity index (χ3v) is 6.69. The van der Waals surface area contributed by atoms with Crippen molar-refractivity contribution >= 4 is 15.7 Å². The maximum atomic E-state index is 12.9. The average molecular weight is 310 g/mol. The number of hydrogen-bond donors (Lipinski definition) is 1. The Labute approximate surface area is 126 Å². The number of nitrogen functional groups attached to an aromatic ring is 1. The molecule has 6 heteroatoms. The topological polar surface area (TPSA) is 72.6 Å². The molecule has 0 amide bonds. The molecule has 21 heavy (non-hydrogen) atoms. The van der Waals surface area contributed by atoms with Crippen molar-refractivity contribution in [2.45, 2.75) is 43.0 Å². The second-order valence-corrected chi connectivity index (χ2v) is 7.81. The summed E-state index contributed by atoms with van der Waals surface area (Å²) in [5.74, 6) is 1.04. The van der Waals surface area contributed by atoms with E-state index in [-0.39, 0.29) is 10.9 Å². The van der Waals surface area contributed by atoms with Gasteiger partial charge in [0.15, 0.2) is 0 Å². The molecule has 0 radical (unpaired) electrons. The molecule has 1 saturated heterocycles. The van der Waals surface area contributed by atoms with Crippen LogP contribution in [0.15, 0.2) is 23.1 Å². The van der Waals surface area contributed by atoms with Crippen LogP contribution in [-0.4, -0.2) is 32.4 Å². The van der Waals surface area contributed by atoms with Crippen LogP contribution in [0.2, 0.25) is 0 Å². The summed E-state index contributed by atoms with van der Waals surface area (Å²) in [7, 11) is -1.94. The molecule has 5 nitrogen and oxygen atoms in total. The molecule has 0 aromatic heterocycles. The Morgan fingerprint density at radius 3 is 2.71 bits per heavy atom. The van der Waals surface area contributed by atoms with Crippen molar-refractivity contribution in [3.05, 3.63) is 18.2 Å². The highest BCUT2D eigenvalue weighted by Crippen LogP contribution is 2.39. The first-order chi connectivity index (χ1) is 10.0. The number of ether oxygens (including phenoxy) is 1. The van der Waals surface area contributed by atoms with Crippen molar-refractivity contribution in [3.63, 3.8) is 0 Å². The third kappa shape index (κ3) is 2.51. The number of methoxy groups -OCH3 is 1. The lowest BCUT2D eigenvalue weighted by Gasteiger charge is -2.31. The monoisotopic (exact) mass is 310 g/mol. The molecule has 1 aromatic carbocycles. The number of sulfonamides is 1. The van der Waals surface area contributed by atoms with E-state index in [1.165, 1.54) is 19.6 Å². The van der Waals surface area contributed by atoms with Gasteiger partial charge >= 0.3 is 0 Å². The largest absolute Gasteiger partial charge is 0.495 e. The minimum absolute atomic E-state index is 0.173. The van der Waals surface area contributed by atoms with Crippen molar-refractivity contribution in [1.82, 2.24) is 4.31 Å². The van der Waals surface area contributed by atoms with E-state index in [4.69, 9.17) is 10.5 Å². The van der Waals surface area contributed by atoms with Gasteiger partial charge in [0.1, 0.15) is 5.75 Å². The number of fused-ring (bicyclic) bond motifs is 1. The van der Waals surface area contributed by atoms with Crippen LogP contribution < -0.4 is 10.5 Å². The Balaban J connectivity index is 1.91. The predicted octanol–water partition coefficient (Wildman–Crippen LogP) is 2.23. The van der Waals surface area contributed by atoms with E-state index >= 15 is 0 Å². The second kappa shape index (κ2) is 5.50. The van der Waals surface area contributed by atoms with Gasteiger partial charge in [-0.3, -0.25) is 0 Å². The first-order valence-corrected chi connectivity index (χ1v) is 8.93. The van der Waals surface area contributed by atoms with Crippen LogP contribution in [0.3, 0.4) is 0 Å². The summed E-state index contributed by atoms with van der Waals surface area (Å²) in [6, 6.07) is 4.88. The van der Waals surface area contributed by atoms with E-state index in [1.807, 2.05) is 0 Å². The highest BCUT2D eigenvalue weighted by molar-refractivity contribution is 7.89. The minimum atomic E-state index is -3.46. The molecule has 2 N–H and O–H groups in total. The van der Waals surface area contributed by atoms with Gasteiger partial charge in [-0.25, -0.2) is 8.42 Å². The van der Waals surface area contributed by atoms with Crippen molar-refractivity contribution in [2.24, 2.45) is 5.92 Å². The molecule has 1 saturated carbocycles. The van der Waals surface area contributed by atoms with E-state index in [2.05, 4.69) is 0 Å². The first-order valence-electron chi connectivity index (χ1n) is 7.49. The average Bonchev–Trinajstić information content (AvgIpc) is 2.91. The first kappa shape index (κ1) is 14.7. The molecule has 1 heterocycles. The highest BCUT2D eigenvalue weighted by atomic mass is 32.2. The van der Waals surface area contributed by atoms with Crippen molar-refractivity contribution in [1.29, 1.82) is 0 Å². The fraction of sp³-hybridized carbons (Fsp3) is 0.600. The van der Waals surface area contributed by atoms with Crippen LogP contribution in [0.1, 0.15) is 32.1 Å². The lowest BCUT2D eigenvalue weighted by Crippen LogP contribution is -2.39. The zero-order valence-corrected chi connectivity index (χ0v) is 13.1. The van der Waals surface area contributed by atoms with E-state index in [9.17, 15) is 8.42 Å². The van der Waals surface area contributed by atoms with Crippen LogP contribution in [0.4, 0.5) is 5.69 Å².